The molecule has 38 heavy (non-hydrogen) atoms. The summed E-state index contributed by atoms with van der Waals surface area (Å²) in [6.07, 6.45) is 0.963. The molecule has 2 atom stereocenters. The number of nitrogen functional groups attached to an aromatic ring is 1. The molecule has 2 unspecified atom stereocenters. The number of aryl methyl sites for hydroxylation is 2. The summed E-state index contributed by atoms with van der Waals surface area (Å²) in [4.78, 5) is 13.6. The second-order valence-electron chi connectivity index (χ2n) is 10.4. The summed E-state index contributed by atoms with van der Waals surface area (Å²) >= 11 is 6.23. The van der Waals surface area contributed by atoms with Crippen molar-refractivity contribution >= 4 is 40.8 Å². The molecule has 0 spiro atoms. The van der Waals surface area contributed by atoms with Gasteiger partial charge < -0.3 is 16.2 Å². The van der Waals surface area contributed by atoms with Crippen molar-refractivity contribution < 1.29 is 23.1 Å². The lowest BCUT2D eigenvalue weighted by molar-refractivity contribution is -0.120. The Morgan fingerprint density at radius 1 is 1.21 bits per heavy atom. The van der Waals surface area contributed by atoms with Gasteiger partial charge in [-0.15, -0.1) is 0 Å². The Morgan fingerprint density at radius 3 is 2.45 bits per heavy atom. The minimum absolute atomic E-state index is 0.0298. The molecule has 4 N–H and O–H groups in total. The van der Waals surface area contributed by atoms with E-state index in [0.29, 0.717) is 40.9 Å². The molecule has 202 valence electrons. The molecule has 6 nitrogen and oxygen atoms in total. The molecule has 2 fully saturated rings. The number of hydrogen-bond donors (Lipinski definition) is 3. The predicted octanol–water partition coefficient (Wildman–Crippen LogP) is 6.38. The van der Waals surface area contributed by atoms with E-state index < -0.39 is 22.6 Å². The molecule has 0 bridgehead atoms. The smallest absolute Gasteiger partial charge is 0.326 e. The number of halogens is 4. The first kappa shape index (κ1) is 26.9. The summed E-state index contributed by atoms with van der Waals surface area (Å²) in [6.45, 7) is 1.89. The van der Waals surface area contributed by atoms with E-state index >= 15 is 8.78 Å². The fraction of sp³-hybridized carbons (Fsp3) is 0.407. The van der Waals surface area contributed by atoms with E-state index in [4.69, 9.17) is 17.3 Å². The first-order valence-corrected chi connectivity index (χ1v) is 13.5. The van der Waals surface area contributed by atoms with Crippen LogP contribution in [0.3, 0.4) is 0 Å². The topological polar surface area (TPSA) is 93.2 Å². The molecule has 1 heterocycles. The standard InChI is InChI=1S/C27H28ClF3N4O2S/c1-14-3-6-19(7-4-14)38-27(30,31)26(37)12-16-9-15(10-17(16)13-26)23-22(24(32)35(2)34-23)25(36)33-18-5-8-21(29)20(28)11-18/h3-8,11,15-17,37H,9-10,12-13,32H2,1-2H3,(H,33,36). The van der Waals surface area contributed by atoms with Crippen LogP contribution in [0.4, 0.5) is 24.7 Å². The number of nitrogens with zero attached hydrogens (tertiary/aromatic N) is 2. The zero-order valence-electron chi connectivity index (χ0n) is 20.8. The third-order valence-corrected chi connectivity index (χ3v) is 9.19. The van der Waals surface area contributed by atoms with E-state index in [0.717, 1.165) is 11.6 Å². The summed E-state index contributed by atoms with van der Waals surface area (Å²) in [5.74, 6) is -1.39. The molecule has 0 aliphatic heterocycles. The van der Waals surface area contributed by atoms with Crippen molar-refractivity contribution in [2.45, 2.75) is 54.3 Å². The highest BCUT2D eigenvalue weighted by Gasteiger charge is 2.61. The lowest BCUT2D eigenvalue weighted by Gasteiger charge is -2.33. The largest absolute Gasteiger partial charge is 0.383 e. The SMILES string of the molecule is Cc1ccc(SC(F)(F)C2(O)CC3CC(c4nn(C)c(N)c4C(=O)Nc4ccc(F)c(Cl)c4)CC3C2)cc1. The molecule has 5 rings (SSSR count). The minimum atomic E-state index is -3.35. The van der Waals surface area contributed by atoms with Gasteiger partial charge in [-0.25, -0.2) is 4.39 Å². The highest BCUT2D eigenvalue weighted by atomic mass is 35.5. The highest BCUT2D eigenvalue weighted by Crippen LogP contribution is 2.60. The summed E-state index contributed by atoms with van der Waals surface area (Å²) in [7, 11) is 1.63. The van der Waals surface area contributed by atoms with Gasteiger partial charge in [-0.1, -0.05) is 29.3 Å². The number of aromatic nitrogens is 2. The number of benzene rings is 2. The Hall–Kier alpha value is -2.69. The predicted molar refractivity (Wildman–Crippen MR) is 142 cm³/mol. The quantitative estimate of drug-likeness (QED) is 0.302. The van der Waals surface area contributed by atoms with Gasteiger partial charge in [0.25, 0.3) is 5.91 Å². The second-order valence-corrected chi connectivity index (χ2v) is 12.0. The van der Waals surface area contributed by atoms with E-state index in [1.54, 1.807) is 31.3 Å². The Morgan fingerprint density at radius 2 is 1.84 bits per heavy atom. The van der Waals surface area contributed by atoms with Gasteiger partial charge in [-0.2, -0.15) is 13.9 Å². The van der Waals surface area contributed by atoms with Crippen LogP contribution < -0.4 is 11.1 Å². The van der Waals surface area contributed by atoms with Gasteiger partial charge >= 0.3 is 5.25 Å². The molecule has 3 aromatic rings. The molecule has 2 aliphatic carbocycles. The lowest BCUT2D eigenvalue weighted by atomic mass is 9.91. The van der Waals surface area contributed by atoms with E-state index in [9.17, 15) is 14.3 Å². The number of fused-ring (bicyclic) bond motifs is 1. The van der Waals surface area contributed by atoms with Crippen molar-refractivity contribution in [1.82, 2.24) is 9.78 Å². The number of hydrogen-bond acceptors (Lipinski definition) is 5. The number of carbonyl (C=O) groups excluding carboxylic acids is 1. The van der Waals surface area contributed by atoms with Gasteiger partial charge in [0.15, 0.2) is 0 Å². The van der Waals surface area contributed by atoms with Crippen molar-refractivity contribution in [3.63, 3.8) is 0 Å². The number of rotatable bonds is 6. The Labute approximate surface area is 227 Å². The second kappa shape index (κ2) is 9.81. The molecule has 0 radical (unpaired) electrons. The van der Waals surface area contributed by atoms with Gasteiger partial charge in [0, 0.05) is 23.5 Å². The molecule has 11 heteroatoms. The average Bonchev–Trinajstić information content (AvgIpc) is 3.47. The Kier molecular flexibility index (Phi) is 6.94. The van der Waals surface area contributed by atoms with Crippen LogP contribution in [-0.4, -0.2) is 31.6 Å². The zero-order valence-corrected chi connectivity index (χ0v) is 22.4. The number of anilines is 2. The van der Waals surface area contributed by atoms with Crippen molar-refractivity contribution in [1.29, 1.82) is 0 Å². The van der Waals surface area contributed by atoms with Gasteiger partial charge in [0.1, 0.15) is 22.8 Å². The van der Waals surface area contributed by atoms with Gasteiger partial charge in [0.05, 0.1) is 10.7 Å². The van der Waals surface area contributed by atoms with Gasteiger partial charge in [0.2, 0.25) is 0 Å². The number of nitrogens with one attached hydrogen (secondary N) is 1. The number of amides is 1. The first-order valence-electron chi connectivity index (χ1n) is 12.3. The van der Waals surface area contributed by atoms with Crippen LogP contribution in [-0.2, 0) is 7.05 Å². The maximum Gasteiger partial charge on any atom is 0.326 e. The highest BCUT2D eigenvalue weighted by molar-refractivity contribution is 8.00. The monoisotopic (exact) mass is 564 g/mol. The van der Waals surface area contributed by atoms with E-state index in [2.05, 4.69) is 10.4 Å². The third-order valence-electron chi connectivity index (χ3n) is 7.76. The van der Waals surface area contributed by atoms with Crippen molar-refractivity contribution in [3.05, 3.63) is 70.1 Å². The summed E-state index contributed by atoms with van der Waals surface area (Å²) in [5.41, 5.74) is 6.05. The van der Waals surface area contributed by atoms with Crippen LogP contribution in [0, 0.1) is 24.6 Å². The van der Waals surface area contributed by atoms with Crippen LogP contribution in [0.15, 0.2) is 47.4 Å². The maximum absolute atomic E-state index is 15.3. The summed E-state index contributed by atoms with van der Waals surface area (Å²) < 4.78 is 45.5. The number of aliphatic hydroxyl groups is 1. The molecule has 2 saturated carbocycles. The summed E-state index contributed by atoms with van der Waals surface area (Å²) in [5, 5.41) is 14.8. The molecule has 1 aromatic heterocycles. The van der Waals surface area contributed by atoms with Crippen molar-refractivity contribution in [2.24, 2.45) is 18.9 Å². The van der Waals surface area contributed by atoms with Crippen molar-refractivity contribution in [3.8, 4) is 0 Å². The number of alkyl halides is 2. The average molecular weight is 565 g/mol. The van der Waals surface area contributed by atoms with E-state index in [1.807, 2.05) is 6.92 Å². The number of carbonyl (C=O) groups is 1. The Bertz CT molecular complexity index is 1370. The lowest BCUT2D eigenvalue weighted by Crippen LogP contribution is -2.44. The first-order chi connectivity index (χ1) is 17.9. The zero-order chi connectivity index (χ0) is 27.4. The summed E-state index contributed by atoms with van der Waals surface area (Å²) in [6, 6.07) is 10.7. The maximum atomic E-state index is 15.3. The van der Waals surface area contributed by atoms with Crippen LogP contribution in [0.25, 0.3) is 0 Å². The fourth-order valence-electron chi connectivity index (χ4n) is 5.82. The fourth-order valence-corrected chi connectivity index (χ4v) is 6.92. The van der Waals surface area contributed by atoms with Crippen LogP contribution in [0.1, 0.15) is 53.2 Å². The molecule has 0 saturated heterocycles. The van der Waals surface area contributed by atoms with Crippen LogP contribution >= 0.6 is 23.4 Å². The third kappa shape index (κ3) is 4.89. The van der Waals surface area contributed by atoms with E-state index in [1.165, 1.54) is 16.8 Å². The molecular weight excluding hydrogens is 537 g/mol. The Balaban J connectivity index is 1.31. The number of thioether (sulfide) groups is 1. The van der Waals surface area contributed by atoms with Gasteiger partial charge in [-0.3, -0.25) is 9.48 Å². The molecule has 1 amide bonds. The van der Waals surface area contributed by atoms with Crippen molar-refractivity contribution in [2.75, 3.05) is 11.1 Å². The molecular formula is C27H28ClF3N4O2S. The van der Waals surface area contributed by atoms with Crippen LogP contribution in [0.5, 0.6) is 0 Å². The van der Waals surface area contributed by atoms with Crippen LogP contribution in [0.2, 0.25) is 5.02 Å². The van der Waals surface area contributed by atoms with Gasteiger partial charge in [-0.05, 0) is 86.5 Å². The molecule has 2 aromatic carbocycles. The van der Waals surface area contributed by atoms with E-state index in [-0.39, 0.29) is 47.0 Å². The minimum Gasteiger partial charge on any atom is -0.383 e. The molecule has 2 aliphatic rings. The normalized spacial score (nSPS) is 25.0. The number of nitrogens with two attached hydrogens (primary N) is 1.